The minimum atomic E-state index is -0.830. The van der Waals surface area contributed by atoms with Gasteiger partial charge in [-0.25, -0.2) is 0 Å². The van der Waals surface area contributed by atoms with Gasteiger partial charge in [0.25, 0.3) is 5.69 Å². The Hall–Kier alpha value is -3.75. The molecule has 0 aliphatic carbocycles. The Labute approximate surface area is 154 Å². The molecule has 0 N–H and O–H groups in total. The first-order valence-electron chi connectivity index (χ1n) is 7.94. The van der Waals surface area contributed by atoms with Crippen LogP contribution in [-0.2, 0) is 14.3 Å². The molecule has 9 nitrogen and oxygen atoms in total. The highest BCUT2D eigenvalue weighted by Gasteiger charge is 2.34. The van der Waals surface area contributed by atoms with Crippen molar-refractivity contribution >= 4 is 23.5 Å². The number of amides is 1. The maximum atomic E-state index is 12.0. The van der Waals surface area contributed by atoms with Gasteiger partial charge in [-0.05, 0) is 6.07 Å². The number of nitrogens with zero attached hydrogens (tertiary/aromatic N) is 3. The van der Waals surface area contributed by atoms with E-state index in [9.17, 15) is 19.7 Å². The Bertz CT molecular complexity index is 941. The molecule has 2 aromatic carbocycles. The van der Waals surface area contributed by atoms with Crippen molar-refractivity contribution in [1.82, 2.24) is 5.01 Å². The third-order valence-corrected chi connectivity index (χ3v) is 3.71. The summed E-state index contributed by atoms with van der Waals surface area (Å²) in [6.07, 6.45) is -0.830. The van der Waals surface area contributed by atoms with E-state index in [1.807, 2.05) is 6.07 Å². The molecule has 27 heavy (non-hydrogen) atoms. The summed E-state index contributed by atoms with van der Waals surface area (Å²) >= 11 is 0. The third kappa shape index (κ3) is 3.76. The summed E-state index contributed by atoms with van der Waals surface area (Å²) in [6, 6.07) is 12.6. The van der Waals surface area contributed by atoms with Crippen LogP contribution in [0.2, 0.25) is 0 Å². The number of carbonyl (C=O) groups is 2. The zero-order valence-electron chi connectivity index (χ0n) is 14.5. The number of esters is 1. The number of carbonyl (C=O) groups excluding carboxylic acids is 2. The summed E-state index contributed by atoms with van der Waals surface area (Å²) < 4.78 is 10.9. The summed E-state index contributed by atoms with van der Waals surface area (Å²) in [4.78, 5) is 33.9. The zero-order valence-corrected chi connectivity index (χ0v) is 14.5. The van der Waals surface area contributed by atoms with Crippen LogP contribution < -0.4 is 4.74 Å². The summed E-state index contributed by atoms with van der Waals surface area (Å²) in [5.74, 6) is -0.992. The van der Waals surface area contributed by atoms with Crippen LogP contribution in [0.5, 0.6) is 5.75 Å². The summed E-state index contributed by atoms with van der Waals surface area (Å²) in [6.45, 7) is 2.53. The van der Waals surface area contributed by atoms with Crippen molar-refractivity contribution in [3.8, 4) is 5.75 Å². The Morgan fingerprint density at radius 2 is 1.89 bits per heavy atom. The van der Waals surface area contributed by atoms with Gasteiger partial charge in [0.15, 0.2) is 0 Å². The standard InChI is InChI=1S/C18H15N3O6/c1-11(22)20-18(13-6-4-3-5-7-13)27-17(19-20)15-10-14(21(24)25)8-9-16(15)26-12(2)23/h3-10,18H,1-2H3. The molecule has 0 fully saturated rings. The first-order valence-corrected chi connectivity index (χ1v) is 7.94. The second-order valence-electron chi connectivity index (χ2n) is 5.68. The van der Waals surface area contributed by atoms with Crippen LogP contribution in [-0.4, -0.2) is 27.7 Å². The molecular formula is C18H15N3O6. The van der Waals surface area contributed by atoms with Gasteiger partial charge in [0.1, 0.15) is 5.75 Å². The second-order valence-corrected chi connectivity index (χ2v) is 5.68. The van der Waals surface area contributed by atoms with Crippen LogP contribution >= 0.6 is 0 Å². The monoisotopic (exact) mass is 369 g/mol. The van der Waals surface area contributed by atoms with Crippen LogP contribution in [0.3, 0.4) is 0 Å². The highest BCUT2D eigenvalue weighted by Crippen LogP contribution is 2.34. The van der Waals surface area contributed by atoms with E-state index in [1.54, 1.807) is 24.3 Å². The average Bonchev–Trinajstić information content (AvgIpc) is 3.07. The molecule has 9 heteroatoms. The molecule has 0 saturated carbocycles. The van der Waals surface area contributed by atoms with E-state index >= 15 is 0 Å². The normalized spacial score (nSPS) is 15.7. The highest BCUT2D eigenvalue weighted by atomic mass is 16.6. The van der Waals surface area contributed by atoms with Crippen molar-refractivity contribution in [1.29, 1.82) is 0 Å². The fourth-order valence-corrected chi connectivity index (χ4v) is 2.55. The van der Waals surface area contributed by atoms with Gasteiger partial charge >= 0.3 is 5.97 Å². The van der Waals surface area contributed by atoms with Crippen molar-refractivity contribution in [2.45, 2.75) is 20.1 Å². The number of nitro benzene ring substituents is 1. The lowest BCUT2D eigenvalue weighted by molar-refractivity contribution is -0.384. The molecule has 1 aliphatic rings. The fourth-order valence-electron chi connectivity index (χ4n) is 2.55. The van der Waals surface area contributed by atoms with Gasteiger partial charge in [-0.15, -0.1) is 5.10 Å². The number of ether oxygens (including phenoxy) is 2. The summed E-state index contributed by atoms with van der Waals surface area (Å²) in [5, 5.41) is 16.4. The summed E-state index contributed by atoms with van der Waals surface area (Å²) in [7, 11) is 0. The maximum absolute atomic E-state index is 12.0. The van der Waals surface area contributed by atoms with Gasteiger partial charge in [0.05, 0.1) is 10.5 Å². The van der Waals surface area contributed by atoms with Gasteiger partial charge in [-0.1, -0.05) is 30.3 Å². The molecule has 1 aliphatic heterocycles. The first kappa shape index (κ1) is 18.1. The number of hydrogen-bond donors (Lipinski definition) is 0. The van der Waals surface area contributed by atoms with Gasteiger partial charge in [0.2, 0.25) is 18.0 Å². The maximum Gasteiger partial charge on any atom is 0.308 e. The fraction of sp³-hybridized carbons (Fsp3) is 0.167. The molecule has 0 saturated heterocycles. The predicted molar refractivity (Wildman–Crippen MR) is 93.7 cm³/mol. The van der Waals surface area contributed by atoms with Crippen molar-refractivity contribution in [3.63, 3.8) is 0 Å². The number of benzene rings is 2. The van der Waals surface area contributed by atoms with E-state index in [4.69, 9.17) is 9.47 Å². The molecular weight excluding hydrogens is 354 g/mol. The number of non-ortho nitro benzene ring substituents is 1. The molecule has 2 aromatic rings. The zero-order chi connectivity index (χ0) is 19.6. The SMILES string of the molecule is CC(=O)Oc1ccc([N+](=O)[O-])cc1C1=NN(C(C)=O)C(c2ccccc2)O1. The molecule has 0 aromatic heterocycles. The quantitative estimate of drug-likeness (QED) is 0.355. The number of rotatable bonds is 4. The molecule has 1 amide bonds. The van der Waals surface area contributed by atoms with Crippen LogP contribution in [0.25, 0.3) is 0 Å². The Balaban J connectivity index is 2.05. The van der Waals surface area contributed by atoms with E-state index in [0.717, 1.165) is 5.01 Å². The van der Waals surface area contributed by atoms with Crippen LogP contribution in [0, 0.1) is 10.1 Å². The minimum absolute atomic E-state index is 0.0454. The second kappa shape index (κ2) is 7.24. The molecule has 0 bridgehead atoms. The van der Waals surface area contributed by atoms with E-state index in [2.05, 4.69) is 5.10 Å². The average molecular weight is 369 g/mol. The lowest BCUT2D eigenvalue weighted by Gasteiger charge is -2.19. The molecule has 1 heterocycles. The van der Waals surface area contributed by atoms with Gasteiger partial charge in [0, 0.05) is 31.5 Å². The molecule has 138 valence electrons. The Morgan fingerprint density at radius 1 is 1.19 bits per heavy atom. The summed E-state index contributed by atoms with van der Waals surface area (Å²) in [5.41, 5.74) is 0.541. The molecule has 3 rings (SSSR count). The predicted octanol–water partition coefficient (Wildman–Crippen LogP) is 2.76. The van der Waals surface area contributed by atoms with Gasteiger partial charge in [-0.3, -0.25) is 19.7 Å². The van der Waals surface area contributed by atoms with E-state index < -0.39 is 17.1 Å². The molecule has 1 atom stereocenters. The van der Waals surface area contributed by atoms with E-state index in [1.165, 1.54) is 32.0 Å². The van der Waals surface area contributed by atoms with Gasteiger partial charge < -0.3 is 9.47 Å². The highest BCUT2D eigenvalue weighted by molar-refractivity contribution is 6.00. The number of hydrazone groups is 1. The van der Waals surface area contributed by atoms with E-state index in [-0.39, 0.29) is 28.8 Å². The van der Waals surface area contributed by atoms with Crippen molar-refractivity contribution in [2.75, 3.05) is 0 Å². The van der Waals surface area contributed by atoms with Crippen LogP contribution in [0.15, 0.2) is 53.6 Å². The van der Waals surface area contributed by atoms with Crippen LogP contribution in [0.1, 0.15) is 31.2 Å². The number of hydrogen-bond acceptors (Lipinski definition) is 7. The Morgan fingerprint density at radius 3 is 2.48 bits per heavy atom. The van der Waals surface area contributed by atoms with Crippen molar-refractivity contribution in [2.24, 2.45) is 5.10 Å². The van der Waals surface area contributed by atoms with E-state index in [0.29, 0.717) is 5.56 Å². The van der Waals surface area contributed by atoms with Gasteiger partial charge in [-0.2, -0.15) is 5.01 Å². The van der Waals surface area contributed by atoms with Crippen molar-refractivity contribution in [3.05, 3.63) is 69.8 Å². The number of nitro groups is 1. The van der Waals surface area contributed by atoms with Crippen molar-refractivity contribution < 1.29 is 24.0 Å². The topological polar surface area (TPSA) is 111 Å². The first-order chi connectivity index (χ1) is 12.9. The molecule has 1 unspecified atom stereocenters. The third-order valence-electron chi connectivity index (χ3n) is 3.71. The molecule has 0 spiro atoms. The van der Waals surface area contributed by atoms with Crippen LogP contribution in [0.4, 0.5) is 5.69 Å². The Kier molecular flexibility index (Phi) is 4.84. The lowest BCUT2D eigenvalue weighted by Crippen LogP contribution is -2.25. The lowest BCUT2D eigenvalue weighted by atomic mass is 10.1. The molecule has 0 radical (unpaired) electrons. The minimum Gasteiger partial charge on any atom is -0.446 e. The largest absolute Gasteiger partial charge is 0.446 e. The smallest absolute Gasteiger partial charge is 0.308 e.